The molecule has 140 valence electrons. The molecule has 0 saturated carbocycles. The Morgan fingerprint density at radius 1 is 1.15 bits per heavy atom. The molecule has 2 aromatic rings. The van der Waals surface area contributed by atoms with E-state index in [0.29, 0.717) is 26.1 Å². The minimum Gasteiger partial charge on any atom is -0.454 e. The van der Waals surface area contributed by atoms with Gasteiger partial charge in [-0.3, -0.25) is 14.6 Å². The van der Waals surface area contributed by atoms with Gasteiger partial charge in [-0.1, -0.05) is 6.07 Å². The lowest BCUT2D eigenvalue weighted by atomic mass is 10.1. The van der Waals surface area contributed by atoms with Crippen LogP contribution in [0.4, 0.5) is 0 Å². The molecular formula is C20H21N3O4. The Hall–Kier alpha value is -3.09. The second kappa shape index (κ2) is 7.65. The topological polar surface area (TPSA) is 80.8 Å². The van der Waals surface area contributed by atoms with Crippen LogP contribution in [0.25, 0.3) is 0 Å². The molecule has 2 aliphatic heterocycles. The average Bonchev–Trinajstić information content (AvgIpc) is 3.29. The van der Waals surface area contributed by atoms with Crippen LogP contribution in [0.3, 0.4) is 0 Å². The van der Waals surface area contributed by atoms with Crippen molar-refractivity contribution < 1.29 is 19.1 Å². The highest BCUT2D eigenvalue weighted by Gasteiger charge is 2.34. The molecule has 2 amide bonds. The van der Waals surface area contributed by atoms with Gasteiger partial charge < -0.3 is 19.7 Å². The summed E-state index contributed by atoms with van der Waals surface area (Å²) in [5.74, 6) is 1.15. The Bertz CT molecular complexity index is 840. The van der Waals surface area contributed by atoms with Crippen molar-refractivity contribution in [3.63, 3.8) is 0 Å². The molecule has 1 atom stereocenters. The molecule has 0 aliphatic carbocycles. The standard InChI is InChI=1S/C20H21N3O4/c24-19-10-16(12-23(19)11-15-3-6-21-7-4-15)20(25)22-8-5-14-1-2-17-18(9-14)27-13-26-17/h1-4,6-7,9,16H,5,8,10-13H2,(H,22,25)/t16-/m1/s1. The van der Waals surface area contributed by atoms with Crippen molar-refractivity contribution in [2.45, 2.75) is 19.4 Å². The van der Waals surface area contributed by atoms with Crippen molar-refractivity contribution in [2.24, 2.45) is 5.92 Å². The highest BCUT2D eigenvalue weighted by Crippen LogP contribution is 2.32. The molecule has 2 aliphatic rings. The van der Waals surface area contributed by atoms with E-state index in [9.17, 15) is 9.59 Å². The first-order valence-electron chi connectivity index (χ1n) is 9.02. The van der Waals surface area contributed by atoms with Crippen LogP contribution in [0.5, 0.6) is 11.5 Å². The SMILES string of the molecule is O=C(NCCc1ccc2c(c1)OCO2)[C@@H]1CC(=O)N(Cc2ccncc2)C1. The van der Waals surface area contributed by atoms with Crippen molar-refractivity contribution >= 4 is 11.8 Å². The van der Waals surface area contributed by atoms with Crippen molar-refractivity contribution in [2.75, 3.05) is 19.9 Å². The number of likely N-dealkylation sites (tertiary alicyclic amines) is 1. The Morgan fingerprint density at radius 2 is 1.96 bits per heavy atom. The van der Waals surface area contributed by atoms with Gasteiger partial charge in [0.15, 0.2) is 11.5 Å². The molecule has 0 unspecified atom stereocenters. The number of benzene rings is 1. The van der Waals surface area contributed by atoms with Gasteiger partial charge in [0.05, 0.1) is 5.92 Å². The molecule has 1 aromatic heterocycles. The normalized spacial score (nSPS) is 18.0. The number of hydrogen-bond acceptors (Lipinski definition) is 5. The van der Waals surface area contributed by atoms with E-state index < -0.39 is 0 Å². The lowest BCUT2D eigenvalue weighted by Crippen LogP contribution is -2.34. The third kappa shape index (κ3) is 4.02. The van der Waals surface area contributed by atoms with Crippen LogP contribution < -0.4 is 14.8 Å². The summed E-state index contributed by atoms with van der Waals surface area (Å²) >= 11 is 0. The first-order valence-corrected chi connectivity index (χ1v) is 9.02. The number of carbonyl (C=O) groups is 2. The maximum atomic E-state index is 12.4. The first kappa shape index (κ1) is 17.3. The van der Waals surface area contributed by atoms with Gasteiger partial charge in [0, 0.05) is 38.4 Å². The van der Waals surface area contributed by atoms with E-state index in [1.165, 1.54) is 0 Å². The number of pyridine rings is 1. The smallest absolute Gasteiger partial charge is 0.231 e. The number of nitrogens with zero attached hydrogens (tertiary/aromatic N) is 2. The third-order valence-electron chi connectivity index (χ3n) is 4.86. The first-order chi connectivity index (χ1) is 13.2. The molecule has 0 bridgehead atoms. The van der Waals surface area contributed by atoms with E-state index in [1.807, 2.05) is 30.3 Å². The molecule has 1 fully saturated rings. The molecule has 3 heterocycles. The molecule has 0 radical (unpaired) electrons. The largest absolute Gasteiger partial charge is 0.454 e. The van der Waals surface area contributed by atoms with Crippen molar-refractivity contribution in [1.29, 1.82) is 0 Å². The zero-order valence-electron chi connectivity index (χ0n) is 14.9. The van der Waals surface area contributed by atoms with Gasteiger partial charge in [0.1, 0.15) is 0 Å². The van der Waals surface area contributed by atoms with Gasteiger partial charge in [-0.15, -0.1) is 0 Å². The molecule has 1 aromatic carbocycles. The summed E-state index contributed by atoms with van der Waals surface area (Å²) in [6.07, 6.45) is 4.37. The van der Waals surface area contributed by atoms with E-state index in [-0.39, 0.29) is 30.9 Å². The molecule has 7 nitrogen and oxygen atoms in total. The molecule has 1 saturated heterocycles. The van der Waals surface area contributed by atoms with E-state index >= 15 is 0 Å². The van der Waals surface area contributed by atoms with Crippen LogP contribution >= 0.6 is 0 Å². The van der Waals surface area contributed by atoms with E-state index in [2.05, 4.69) is 10.3 Å². The monoisotopic (exact) mass is 367 g/mol. The zero-order chi connectivity index (χ0) is 18.6. The fraction of sp³-hybridized carbons (Fsp3) is 0.350. The summed E-state index contributed by atoms with van der Waals surface area (Å²) in [6, 6.07) is 9.55. The highest BCUT2D eigenvalue weighted by molar-refractivity contribution is 5.89. The summed E-state index contributed by atoms with van der Waals surface area (Å²) < 4.78 is 10.7. The number of nitrogens with one attached hydrogen (secondary N) is 1. The quantitative estimate of drug-likeness (QED) is 0.837. The van der Waals surface area contributed by atoms with Crippen LogP contribution in [-0.2, 0) is 22.6 Å². The summed E-state index contributed by atoms with van der Waals surface area (Å²) in [4.78, 5) is 30.3. The predicted molar refractivity (Wildman–Crippen MR) is 97.0 cm³/mol. The number of amides is 2. The number of rotatable bonds is 6. The summed E-state index contributed by atoms with van der Waals surface area (Å²) in [6.45, 7) is 1.74. The van der Waals surface area contributed by atoms with Gasteiger partial charge in [-0.25, -0.2) is 0 Å². The predicted octanol–water partition coefficient (Wildman–Crippen LogP) is 1.52. The van der Waals surface area contributed by atoms with Crippen LogP contribution in [-0.4, -0.2) is 41.6 Å². The lowest BCUT2D eigenvalue weighted by molar-refractivity contribution is -0.129. The van der Waals surface area contributed by atoms with Gasteiger partial charge in [0.2, 0.25) is 18.6 Å². The van der Waals surface area contributed by atoms with Crippen LogP contribution in [0, 0.1) is 5.92 Å². The Balaban J connectivity index is 1.26. The average molecular weight is 367 g/mol. The number of ether oxygens (including phenoxy) is 2. The van der Waals surface area contributed by atoms with Crippen LogP contribution in [0.2, 0.25) is 0 Å². The van der Waals surface area contributed by atoms with Crippen LogP contribution in [0.1, 0.15) is 17.5 Å². The van der Waals surface area contributed by atoms with Gasteiger partial charge in [0.25, 0.3) is 0 Å². The van der Waals surface area contributed by atoms with Gasteiger partial charge in [-0.2, -0.15) is 0 Å². The van der Waals surface area contributed by atoms with E-state index in [4.69, 9.17) is 9.47 Å². The minimum atomic E-state index is -0.295. The summed E-state index contributed by atoms with van der Waals surface area (Å²) in [7, 11) is 0. The highest BCUT2D eigenvalue weighted by atomic mass is 16.7. The molecule has 0 spiro atoms. The van der Waals surface area contributed by atoms with Crippen LogP contribution in [0.15, 0.2) is 42.7 Å². The van der Waals surface area contributed by atoms with E-state index in [1.54, 1.807) is 17.3 Å². The van der Waals surface area contributed by atoms with Crippen molar-refractivity contribution in [3.8, 4) is 11.5 Å². The lowest BCUT2D eigenvalue weighted by Gasteiger charge is -2.16. The Morgan fingerprint density at radius 3 is 2.81 bits per heavy atom. The molecule has 7 heteroatoms. The third-order valence-corrected chi connectivity index (χ3v) is 4.86. The van der Waals surface area contributed by atoms with E-state index in [0.717, 1.165) is 22.6 Å². The van der Waals surface area contributed by atoms with Crippen molar-refractivity contribution in [1.82, 2.24) is 15.2 Å². The molecule has 4 rings (SSSR count). The maximum Gasteiger partial charge on any atom is 0.231 e. The Labute approximate surface area is 157 Å². The summed E-state index contributed by atoms with van der Waals surface area (Å²) in [5.41, 5.74) is 2.09. The summed E-state index contributed by atoms with van der Waals surface area (Å²) in [5, 5.41) is 2.95. The maximum absolute atomic E-state index is 12.4. The zero-order valence-corrected chi connectivity index (χ0v) is 14.9. The second-order valence-corrected chi connectivity index (χ2v) is 6.76. The van der Waals surface area contributed by atoms with Crippen molar-refractivity contribution in [3.05, 3.63) is 53.9 Å². The number of fused-ring (bicyclic) bond motifs is 1. The number of hydrogen-bond donors (Lipinski definition) is 1. The second-order valence-electron chi connectivity index (χ2n) is 6.76. The molecule has 1 N–H and O–H groups in total. The van der Waals surface area contributed by atoms with Gasteiger partial charge in [-0.05, 0) is 41.8 Å². The number of carbonyl (C=O) groups excluding carboxylic acids is 2. The Kier molecular flexibility index (Phi) is 4.91. The minimum absolute atomic E-state index is 0.0164. The molecule has 27 heavy (non-hydrogen) atoms. The fourth-order valence-electron chi connectivity index (χ4n) is 3.38. The number of aromatic nitrogens is 1. The molecular weight excluding hydrogens is 346 g/mol. The fourth-order valence-corrected chi connectivity index (χ4v) is 3.38. The van der Waals surface area contributed by atoms with Gasteiger partial charge >= 0.3 is 0 Å².